The Hall–Kier alpha value is -8.30. The molecule has 11 N–H and O–H groups in total. The molecule has 606 valence electrons. The summed E-state index contributed by atoms with van der Waals surface area (Å²) >= 11 is 0. The molecular formula is C83H126N13O12S2+. The van der Waals surface area contributed by atoms with Gasteiger partial charge in [0.15, 0.2) is 6.54 Å². The number of quaternary nitrogens is 1. The average molecular weight is 1560 g/mol. The summed E-state index contributed by atoms with van der Waals surface area (Å²) in [6.45, 7) is 8.42. The highest BCUT2D eigenvalue weighted by Crippen LogP contribution is 2.38. The Morgan fingerprint density at radius 2 is 1.15 bits per heavy atom. The highest BCUT2D eigenvalue weighted by atomic mass is 33.1. The summed E-state index contributed by atoms with van der Waals surface area (Å²) in [4.78, 5) is 162. The van der Waals surface area contributed by atoms with E-state index in [9.17, 15) is 43.5 Å². The third kappa shape index (κ3) is 35.4. The number of rotatable bonds is 51. The summed E-state index contributed by atoms with van der Waals surface area (Å²) < 4.78 is 0.432. The number of imidazole rings is 1. The number of hydrogen-bond donors (Lipinski definition) is 11. The minimum atomic E-state index is -1.41. The average Bonchev–Trinajstić information content (AvgIpc) is 1.69. The van der Waals surface area contributed by atoms with Crippen molar-refractivity contribution in [2.75, 3.05) is 65.7 Å². The van der Waals surface area contributed by atoms with Crippen molar-refractivity contribution in [1.82, 2.24) is 62.7 Å². The Morgan fingerprint density at radius 3 is 1.75 bits per heavy atom. The molecule has 0 spiro atoms. The first-order chi connectivity index (χ1) is 53.1. The van der Waals surface area contributed by atoms with E-state index in [4.69, 9.17) is 0 Å². The van der Waals surface area contributed by atoms with Gasteiger partial charge in [-0.3, -0.25) is 52.7 Å². The highest BCUT2D eigenvalue weighted by molar-refractivity contribution is 8.77. The summed E-state index contributed by atoms with van der Waals surface area (Å²) in [5.74, 6) is -6.85. The van der Waals surface area contributed by atoms with E-state index in [1.807, 2.05) is 107 Å². The maximum atomic E-state index is 16.0. The maximum absolute atomic E-state index is 16.0. The third-order valence-corrected chi connectivity index (χ3v) is 22.9. The highest BCUT2D eigenvalue weighted by Gasteiger charge is 2.47. The van der Waals surface area contributed by atoms with E-state index in [1.54, 1.807) is 0 Å². The number of aromatic nitrogens is 2. The second kappa shape index (κ2) is 51.3. The first-order valence-electron chi connectivity index (χ1n) is 40.4. The number of benzene rings is 3. The van der Waals surface area contributed by atoms with Gasteiger partial charge >= 0.3 is 5.97 Å². The topological polar surface area (TPSA) is 348 Å². The molecule has 2 saturated heterocycles. The molecular weight excluding hydrogens is 1440 g/mol. The van der Waals surface area contributed by atoms with Crippen LogP contribution < -0.4 is 47.9 Å². The number of fused-ring (bicyclic) bond motifs is 2. The molecule has 2 aliphatic heterocycles. The van der Waals surface area contributed by atoms with Crippen LogP contribution in [0.3, 0.4) is 0 Å². The second-order valence-corrected chi connectivity index (χ2v) is 33.3. The van der Waals surface area contributed by atoms with Crippen LogP contribution >= 0.6 is 21.6 Å². The summed E-state index contributed by atoms with van der Waals surface area (Å²) in [5, 5.41) is 35.6. The van der Waals surface area contributed by atoms with E-state index in [0.717, 1.165) is 32.1 Å². The van der Waals surface area contributed by atoms with E-state index in [1.165, 1.54) is 115 Å². The number of unbranched alkanes of at least 4 members (excludes halogenated alkanes) is 16. The number of nitrogens with zero attached hydrogens (tertiary/aromatic N) is 3. The molecule has 7 atom stereocenters. The molecule has 0 saturated carbocycles. The molecule has 3 aromatic carbocycles. The summed E-state index contributed by atoms with van der Waals surface area (Å²) in [7, 11) is 6.44. The zero-order valence-electron chi connectivity index (χ0n) is 65.8. The van der Waals surface area contributed by atoms with Gasteiger partial charge in [0, 0.05) is 87.1 Å². The number of aliphatic carboxylic acids is 1. The van der Waals surface area contributed by atoms with Crippen LogP contribution in [0.2, 0.25) is 0 Å². The van der Waals surface area contributed by atoms with E-state index < -0.39 is 101 Å². The van der Waals surface area contributed by atoms with Crippen LogP contribution in [0.15, 0.2) is 104 Å². The lowest BCUT2D eigenvalue weighted by Crippen LogP contribution is -2.61. The lowest BCUT2D eigenvalue weighted by molar-refractivity contribution is -0.881. The number of amides is 10. The van der Waals surface area contributed by atoms with E-state index in [2.05, 4.69) is 76.9 Å². The van der Waals surface area contributed by atoms with Crippen molar-refractivity contribution < 1.29 is 62.3 Å². The first kappa shape index (κ1) is 90.6. The Kier molecular flexibility index (Phi) is 42.2. The van der Waals surface area contributed by atoms with Gasteiger partial charge in [-0.15, -0.1) is 0 Å². The second-order valence-electron chi connectivity index (χ2n) is 30.5. The van der Waals surface area contributed by atoms with Gasteiger partial charge in [0.25, 0.3) is 5.91 Å². The van der Waals surface area contributed by atoms with Gasteiger partial charge in [0.1, 0.15) is 36.3 Å². The maximum Gasteiger partial charge on any atom is 0.303 e. The molecule has 3 heterocycles. The number of carboxylic acids is 1. The van der Waals surface area contributed by atoms with Crippen LogP contribution in [0.5, 0.6) is 0 Å². The molecule has 110 heavy (non-hydrogen) atoms. The van der Waals surface area contributed by atoms with Gasteiger partial charge in [-0.2, -0.15) is 0 Å². The van der Waals surface area contributed by atoms with Crippen LogP contribution in [-0.2, 0) is 65.6 Å². The third-order valence-electron chi connectivity index (χ3n) is 20.1. The van der Waals surface area contributed by atoms with Crippen molar-refractivity contribution in [3.8, 4) is 0 Å². The molecule has 27 heteroatoms. The summed E-state index contributed by atoms with van der Waals surface area (Å²) in [6.07, 6.45) is 24.7. The number of H-pyrrole nitrogens is 1. The Balaban J connectivity index is 1.08. The van der Waals surface area contributed by atoms with Crippen molar-refractivity contribution in [3.63, 3.8) is 0 Å². The van der Waals surface area contributed by atoms with Gasteiger partial charge in [-0.25, -0.2) is 4.98 Å². The Morgan fingerprint density at radius 1 is 0.600 bits per heavy atom. The minimum Gasteiger partial charge on any atom is -0.481 e. The fraction of sp³-hybridized carbons (Fsp3) is 0.614. The molecule has 0 radical (unpaired) electrons. The first-order valence-corrected chi connectivity index (χ1v) is 42.8. The quantitative estimate of drug-likeness (QED) is 0.0111. The molecule has 0 aliphatic carbocycles. The number of likely N-dealkylation sites (N-methyl/N-ethyl adjacent to an activating group) is 1. The van der Waals surface area contributed by atoms with Crippen LogP contribution in [-0.4, -0.2) is 197 Å². The zero-order valence-corrected chi connectivity index (χ0v) is 67.4. The molecule has 0 unspecified atom stereocenters. The van der Waals surface area contributed by atoms with Crippen molar-refractivity contribution in [2.24, 2.45) is 5.92 Å². The van der Waals surface area contributed by atoms with Crippen LogP contribution in [0.25, 0.3) is 0 Å². The Bertz CT molecular complexity index is 3390. The number of aromatic amines is 1. The largest absolute Gasteiger partial charge is 0.481 e. The molecule has 6 rings (SSSR count). The van der Waals surface area contributed by atoms with E-state index >= 15 is 14.4 Å². The number of aryl methyl sites for hydroxylation is 1. The SMILES string of the molecule is CCCCCCCCCCCCCCCC(=O)NCC[N+](C)(C)CC(=O)NCCCCCC(=O)NCCCC[C@H](NC(=O)[C@@H]1C[C@@H]2CN1C(=O)[C@H](C(c1ccccc1)c1ccccc1)NC(=O)[C@H](Cc1cnc[nH]1)NC(=O)[C@@H](NC(=O)[C@H](CCC(=O)O)NC(=O)CC(C)C)CSS2)C(=O)NCCCCc1ccccc1. The van der Waals surface area contributed by atoms with Crippen molar-refractivity contribution in [3.05, 3.63) is 126 Å². The van der Waals surface area contributed by atoms with Gasteiger partial charge in [-0.05, 0) is 93.2 Å². The fourth-order valence-corrected chi connectivity index (χ4v) is 16.6. The molecule has 25 nitrogen and oxygen atoms in total. The monoisotopic (exact) mass is 1560 g/mol. The summed E-state index contributed by atoms with van der Waals surface area (Å²) in [6, 6.07) is 20.6. The lowest BCUT2D eigenvalue weighted by atomic mass is 9.84. The number of carboxylic acid groups (broad SMARTS) is 1. The molecule has 2 aliphatic rings. The molecule has 4 aromatic rings. The van der Waals surface area contributed by atoms with Crippen molar-refractivity contribution in [2.45, 2.75) is 254 Å². The molecule has 2 fully saturated rings. The van der Waals surface area contributed by atoms with Crippen LogP contribution in [0.1, 0.15) is 222 Å². The van der Waals surface area contributed by atoms with Crippen molar-refractivity contribution in [1.29, 1.82) is 0 Å². The van der Waals surface area contributed by atoms with Gasteiger partial charge in [0.05, 0.1) is 33.5 Å². The van der Waals surface area contributed by atoms with Crippen LogP contribution in [0, 0.1) is 5.92 Å². The number of hydrogen-bond acceptors (Lipinski definition) is 14. The predicted molar refractivity (Wildman–Crippen MR) is 433 cm³/mol. The Labute approximate surface area is 660 Å². The zero-order chi connectivity index (χ0) is 79.3. The predicted octanol–water partition coefficient (Wildman–Crippen LogP) is 9.26. The standard InChI is InChI=1S/C83H125N13O12S2/c1-6-7-8-9-10-11-12-13-14-15-16-17-28-43-72(98)87-50-51-96(4,5)57-74(100)86-47-32-21-29-44-71(97)85-48-34-31-42-66(78(103)88-49-33-30-37-61-35-22-18-23-36-61)91-82(107)70-54-65-56-95(70)83(108)77(76(62-38-24-19-25-39-62)63-40-26-20-27-41-63)94-80(105)68(53-64-55-84-59-89-64)92-81(106)69(58-109-110-65)93-79(104)67(45-46-75(101)102)90-73(99)52-60(2)3/h18-20,22-27,35-36,38-41,55,59-60,65-70,76-77H,6-17,21,28-34,37,42-54,56-58H2,1-5H3,(H10-,84,85,86,87,88,89,90,91,92,93,94,97,98,99,100,101,102,103,104,105,106,107)/p+1/t65-,66+,67+,68+,69+,70+,77+/m1/s1. The fourth-order valence-electron chi connectivity index (χ4n) is 13.9. The van der Waals surface area contributed by atoms with E-state index in [0.29, 0.717) is 99.0 Å². The number of carbonyl (C=O) groups excluding carboxylic acids is 10. The van der Waals surface area contributed by atoms with Gasteiger partial charge in [0.2, 0.25) is 53.2 Å². The number of carbonyl (C=O) groups is 11. The number of nitrogens with one attached hydrogen (secondary N) is 10. The minimum absolute atomic E-state index is 0.00683. The summed E-state index contributed by atoms with van der Waals surface area (Å²) in [5.41, 5.74) is 2.93. The van der Waals surface area contributed by atoms with Gasteiger partial charge in [-0.1, -0.05) is 217 Å². The molecule has 1 aromatic heterocycles. The lowest BCUT2D eigenvalue weighted by Gasteiger charge is -2.35. The molecule has 2 bridgehead atoms. The van der Waals surface area contributed by atoms with Crippen molar-refractivity contribution >= 4 is 86.6 Å². The van der Waals surface area contributed by atoms with E-state index in [-0.39, 0.29) is 74.6 Å². The molecule has 10 amide bonds. The van der Waals surface area contributed by atoms with Crippen LogP contribution in [0.4, 0.5) is 0 Å². The normalized spacial score (nSPS) is 17.4. The smallest absolute Gasteiger partial charge is 0.303 e. The van der Waals surface area contributed by atoms with Gasteiger partial charge < -0.3 is 67.3 Å².